The second-order valence-corrected chi connectivity index (χ2v) is 22.0. The van der Waals surface area contributed by atoms with E-state index in [1.165, 1.54) is 21.5 Å². The van der Waals surface area contributed by atoms with Gasteiger partial charge in [-0.1, -0.05) is 66.4 Å². The molecule has 1 aromatic heterocycles. The van der Waals surface area contributed by atoms with Crippen LogP contribution in [0.25, 0.3) is 28.1 Å². The van der Waals surface area contributed by atoms with Crippen molar-refractivity contribution < 1.29 is 38.1 Å². The molecule has 1 aliphatic carbocycles. The van der Waals surface area contributed by atoms with Gasteiger partial charge in [0.15, 0.2) is 5.71 Å². The van der Waals surface area contributed by atoms with Gasteiger partial charge in [-0.25, -0.2) is 14.1 Å². The summed E-state index contributed by atoms with van der Waals surface area (Å²) >= 11 is 0. The Morgan fingerprint density at radius 3 is 2.24 bits per heavy atom. The van der Waals surface area contributed by atoms with Gasteiger partial charge in [0.05, 0.1) is 44.1 Å². The Morgan fingerprint density at radius 2 is 1.54 bits per heavy atom. The topological polar surface area (TPSA) is 139 Å². The number of imide groups is 1. The van der Waals surface area contributed by atoms with Crippen molar-refractivity contribution in [1.29, 1.82) is 0 Å². The number of nitrogens with zero attached hydrogens (tertiary/aromatic N) is 7. The number of amides is 3. The summed E-state index contributed by atoms with van der Waals surface area (Å²) in [5.41, 5.74) is 11.3. The minimum atomic E-state index is -2.59. The van der Waals surface area contributed by atoms with Crippen molar-refractivity contribution in [1.82, 2.24) is 20.1 Å². The highest BCUT2D eigenvalue weighted by Gasteiger charge is 2.45. The molecular weight excluding hydrogens is 863 g/mol. The van der Waals surface area contributed by atoms with Crippen molar-refractivity contribution >= 4 is 59.6 Å². The van der Waals surface area contributed by atoms with E-state index >= 15 is 0 Å². The number of carbonyl (C=O) groups excluding carboxylic acids is 4. The highest BCUT2D eigenvalue weighted by Crippen LogP contribution is 2.49. The van der Waals surface area contributed by atoms with E-state index in [4.69, 9.17) is 24.6 Å². The fourth-order valence-corrected chi connectivity index (χ4v) is 14.1. The average molecular weight is 917 g/mol. The second-order valence-electron chi connectivity index (χ2n) is 17.8. The van der Waals surface area contributed by atoms with Crippen molar-refractivity contribution in [2.75, 3.05) is 52.2 Å². The molecule has 15 heteroatoms. The Kier molecular flexibility index (Phi) is 12.1. The molecule has 1 unspecified atom stereocenters. The Labute approximate surface area is 391 Å². The summed E-state index contributed by atoms with van der Waals surface area (Å²) in [4.78, 5) is 60.2. The molecule has 14 nitrogen and oxygen atoms in total. The third-order valence-corrected chi connectivity index (χ3v) is 17.9. The number of hydroxylamine groups is 2. The van der Waals surface area contributed by atoms with Crippen LogP contribution in [0.1, 0.15) is 48.8 Å². The van der Waals surface area contributed by atoms with Gasteiger partial charge in [-0.2, -0.15) is 0 Å². The third kappa shape index (κ3) is 8.06. The van der Waals surface area contributed by atoms with Crippen LogP contribution in [-0.4, -0.2) is 105 Å². The number of hydrogen-bond acceptors (Lipinski definition) is 10. The maximum absolute atomic E-state index is 14.3. The molecule has 0 radical (unpaired) electrons. The molecule has 5 aromatic rings. The smallest absolute Gasteiger partial charge is 0.333 e. The van der Waals surface area contributed by atoms with E-state index < -0.39 is 25.9 Å². The number of hydrogen-bond donors (Lipinski definition) is 0. The molecule has 1 saturated heterocycles. The van der Waals surface area contributed by atoms with Crippen LogP contribution in [0.3, 0.4) is 0 Å². The molecule has 0 bridgehead atoms. The summed E-state index contributed by atoms with van der Waals surface area (Å²) in [6, 6.07) is 29.3. The summed E-state index contributed by atoms with van der Waals surface area (Å²) in [5.74, 6) is -0.799. The lowest BCUT2D eigenvalue weighted by atomic mass is 9.88. The molecule has 4 heterocycles. The molecule has 0 N–H and O–H groups in total. The van der Waals surface area contributed by atoms with Gasteiger partial charge in [0, 0.05) is 74.4 Å². The first-order valence-corrected chi connectivity index (χ1v) is 25.2. The van der Waals surface area contributed by atoms with Crippen LogP contribution in [-0.2, 0) is 37.1 Å². The first-order chi connectivity index (χ1) is 32.3. The number of ether oxygens (including phenoxy) is 2. The Balaban J connectivity index is 1.09. The van der Waals surface area contributed by atoms with Crippen LogP contribution < -0.4 is 24.5 Å². The number of benzene rings is 4. The molecule has 1 atom stereocenters. The summed E-state index contributed by atoms with van der Waals surface area (Å²) in [6.07, 6.45) is 7.07. The van der Waals surface area contributed by atoms with Crippen molar-refractivity contribution in [3.63, 3.8) is 0 Å². The third-order valence-electron chi connectivity index (χ3n) is 13.3. The first kappa shape index (κ1) is 44.8. The molecule has 9 rings (SSSR count). The van der Waals surface area contributed by atoms with E-state index in [9.17, 15) is 19.2 Å². The van der Waals surface area contributed by atoms with Crippen LogP contribution in [0.15, 0.2) is 114 Å². The molecule has 0 saturated carbocycles. The molecule has 1 fully saturated rings. The number of anilines is 2. The molecule has 67 heavy (non-hydrogen) atoms. The Hall–Kier alpha value is -7.39. The number of fused-ring (bicyclic) bond motifs is 7. The molecular formula is C52H54N7O7Si+. The predicted octanol–water partition coefficient (Wildman–Crippen LogP) is 6.87. The fraction of sp³-hybridized carbons (Fsp3) is 0.288. The lowest BCUT2D eigenvalue weighted by molar-refractivity contribution is -0.462. The van der Waals surface area contributed by atoms with Gasteiger partial charge in [-0.05, 0) is 76.0 Å². The lowest BCUT2D eigenvalue weighted by Crippen LogP contribution is -2.52. The normalized spacial score (nSPS) is 17.1. The van der Waals surface area contributed by atoms with E-state index in [2.05, 4.69) is 80.6 Å². The van der Waals surface area contributed by atoms with E-state index in [0.29, 0.717) is 17.3 Å². The molecule has 3 aliphatic heterocycles. The fourth-order valence-electron chi connectivity index (χ4n) is 9.82. The van der Waals surface area contributed by atoms with E-state index in [-0.39, 0.29) is 38.1 Å². The molecule has 4 aromatic carbocycles. The number of aromatic nitrogens is 3. The zero-order chi connectivity index (χ0) is 47.1. The largest absolute Gasteiger partial charge is 0.496 e. The second kappa shape index (κ2) is 18.1. The van der Waals surface area contributed by atoms with Gasteiger partial charge in [-0.3, -0.25) is 14.4 Å². The first-order valence-electron chi connectivity index (χ1n) is 22.5. The zero-order valence-corrected chi connectivity index (χ0v) is 40.0. The number of methoxy groups -OCH3 is 2. The van der Waals surface area contributed by atoms with Gasteiger partial charge >= 0.3 is 5.97 Å². The van der Waals surface area contributed by atoms with Crippen LogP contribution in [0.5, 0.6) is 11.5 Å². The predicted molar refractivity (Wildman–Crippen MR) is 260 cm³/mol. The highest BCUT2D eigenvalue weighted by atomic mass is 28.3. The summed E-state index contributed by atoms with van der Waals surface area (Å²) in [7, 11) is 9.13. The maximum atomic E-state index is 14.3. The molecule has 0 spiro atoms. The number of carbonyl (C=O) groups is 4. The monoisotopic (exact) mass is 916 g/mol. The Bertz CT molecular complexity index is 2960. The Morgan fingerprint density at radius 1 is 0.836 bits per heavy atom. The van der Waals surface area contributed by atoms with Crippen molar-refractivity contribution in [2.24, 2.45) is 0 Å². The number of allylic oxidation sites excluding steroid dienone is 5. The van der Waals surface area contributed by atoms with Crippen molar-refractivity contribution in [3.05, 3.63) is 131 Å². The van der Waals surface area contributed by atoms with Gasteiger partial charge in [0.25, 0.3) is 11.8 Å². The quantitative estimate of drug-likeness (QED) is 0.0741. The summed E-state index contributed by atoms with van der Waals surface area (Å²) in [5, 5.41) is 12.9. The highest BCUT2D eigenvalue weighted by molar-refractivity contribution is 6.99. The summed E-state index contributed by atoms with van der Waals surface area (Å²) in [6.45, 7) is 3.26. The summed E-state index contributed by atoms with van der Waals surface area (Å²) < 4.78 is 16.2. The standard InChI is InChI=1S/C52H54N7O7Si/c1-55(2)34-20-22-38-43(30-34)67(7,44-31-35(56(3)4)21-23-39(44)49(38)50-41(64-5)18-12-19-42(50)65-6)29-13-28-58-52-37-16-10-11-17-40(37)57(32-33-14-8-9-15-36(33)51(52)53-54-58)45(60)26-27-48(63)66-59-46(61)24-25-47(59)62/h8-12,14-23,30-31H,13,24-29,32H2,1-7H3/q+1. The SMILES string of the molecule is COc1cccc(OC)c1C1=C2C=CC(=[N+](C)C)C=C2[Si](C)(CCCn2nnc3c2-c2ccccc2N(C(=O)CCC(=O)ON2C(=O)CCC2=O)Cc2ccccc2-3)c2cc(N(C)C)ccc21. The number of aryl methyl sites for hydroxylation is 1. The minimum absolute atomic E-state index is 0.0127. The number of rotatable bonds is 12. The van der Waals surface area contributed by atoms with E-state index in [0.717, 1.165) is 74.6 Å². The molecule has 4 aliphatic rings. The van der Waals surface area contributed by atoms with Crippen LogP contribution in [0.4, 0.5) is 11.4 Å². The van der Waals surface area contributed by atoms with Gasteiger partial charge in [-0.15, -0.1) is 10.2 Å². The molecule has 342 valence electrons. The average Bonchev–Trinajstić information content (AvgIpc) is 3.89. The van der Waals surface area contributed by atoms with E-state index in [1.807, 2.05) is 71.4 Å². The minimum Gasteiger partial charge on any atom is -0.496 e. The van der Waals surface area contributed by atoms with Gasteiger partial charge < -0.3 is 24.1 Å². The molecule has 3 amide bonds. The van der Waals surface area contributed by atoms with Crippen LogP contribution in [0, 0.1) is 0 Å². The number of para-hydroxylation sites is 1. The van der Waals surface area contributed by atoms with E-state index in [1.54, 1.807) is 19.1 Å². The maximum Gasteiger partial charge on any atom is 0.333 e. The lowest BCUT2D eigenvalue weighted by Gasteiger charge is -2.41. The van der Waals surface area contributed by atoms with Crippen molar-refractivity contribution in [2.45, 2.75) is 57.8 Å². The van der Waals surface area contributed by atoms with Crippen LogP contribution >= 0.6 is 0 Å². The van der Waals surface area contributed by atoms with Crippen LogP contribution in [0.2, 0.25) is 12.6 Å². The van der Waals surface area contributed by atoms with Gasteiger partial charge in [0.2, 0.25) is 5.91 Å². The van der Waals surface area contributed by atoms with Crippen molar-refractivity contribution in [3.8, 4) is 34.0 Å². The zero-order valence-electron chi connectivity index (χ0n) is 39.0. The van der Waals surface area contributed by atoms with Gasteiger partial charge in [0.1, 0.15) is 39.4 Å².